The van der Waals surface area contributed by atoms with Crippen molar-refractivity contribution in [2.24, 2.45) is 0 Å². The number of hydrogen-bond donors (Lipinski definition) is 2. The zero-order valence-electron chi connectivity index (χ0n) is 9.37. The fraction of sp³-hybridized carbons (Fsp3) is 0.333. The van der Waals surface area contributed by atoms with Gasteiger partial charge in [0.15, 0.2) is 0 Å². The van der Waals surface area contributed by atoms with Crippen molar-refractivity contribution in [2.45, 2.75) is 19.3 Å². The molecule has 3 N–H and O–H groups in total. The van der Waals surface area contributed by atoms with Crippen LogP contribution in [0, 0.1) is 11.3 Å². The first-order valence-electron chi connectivity index (χ1n) is 5.35. The van der Waals surface area contributed by atoms with Crippen molar-refractivity contribution in [3.8, 4) is 6.07 Å². The normalized spacial score (nSPS) is 9.65. The Morgan fingerprint density at radius 2 is 2.24 bits per heavy atom. The minimum atomic E-state index is -0.177. The first kappa shape index (κ1) is 13.3. The van der Waals surface area contributed by atoms with Crippen LogP contribution in [0.3, 0.4) is 0 Å². The topological polar surface area (TPSA) is 78.9 Å². The zero-order chi connectivity index (χ0) is 12.7. The maximum atomic E-state index is 11.7. The second-order valence-electron chi connectivity index (χ2n) is 3.61. The molecule has 0 aliphatic heterocycles. The fourth-order valence-corrected chi connectivity index (χ4v) is 1.48. The van der Waals surface area contributed by atoms with Crippen LogP contribution in [0.4, 0.5) is 5.69 Å². The third kappa shape index (κ3) is 4.33. The van der Waals surface area contributed by atoms with E-state index in [1.165, 1.54) is 0 Å². The van der Waals surface area contributed by atoms with Gasteiger partial charge >= 0.3 is 0 Å². The highest BCUT2D eigenvalue weighted by Gasteiger charge is 2.06. The van der Waals surface area contributed by atoms with E-state index in [1.54, 1.807) is 18.2 Å². The van der Waals surface area contributed by atoms with Gasteiger partial charge in [0, 0.05) is 18.5 Å². The first-order chi connectivity index (χ1) is 8.15. The summed E-state index contributed by atoms with van der Waals surface area (Å²) in [6.07, 6.45) is 2.10. The molecule has 1 amide bonds. The fourth-order valence-electron chi connectivity index (χ4n) is 1.30. The lowest BCUT2D eigenvalue weighted by Gasteiger charge is -2.05. The van der Waals surface area contributed by atoms with Crippen molar-refractivity contribution in [3.05, 3.63) is 28.8 Å². The van der Waals surface area contributed by atoms with Crippen LogP contribution >= 0.6 is 11.6 Å². The average Bonchev–Trinajstić information content (AvgIpc) is 2.32. The minimum absolute atomic E-state index is 0.177. The van der Waals surface area contributed by atoms with Crippen LogP contribution in [0.1, 0.15) is 29.6 Å². The molecule has 0 fully saturated rings. The number of nitriles is 1. The van der Waals surface area contributed by atoms with Gasteiger partial charge in [-0.1, -0.05) is 11.6 Å². The third-order valence-corrected chi connectivity index (χ3v) is 2.59. The van der Waals surface area contributed by atoms with Crippen molar-refractivity contribution in [3.63, 3.8) is 0 Å². The Balaban J connectivity index is 2.42. The number of nitrogens with one attached hydrogen (secondary N) is 1. The van der Waals surface area contributed by atoms with Crippen LogP contribution in [0.25, 0.3) is 0 Å². The van der Waals surface area contributed by atoms with Crippen LogP contribution < -0.4 is 11.1 Å². The molecule has 1 rings (SSSR count). The number of rotatable bonds is 5. The lowest BCUT2D eigenvalue weighted by atomic mass is 10.2. The number of nitrogen functional groups attached to an aromatic ring is 1. The number of carbonyl (C=O) groups excluding carboxylic acids is 1. The second-order valence-corrected chi connectivity index (χ2v) is 4.01. The van der Waals surface area contributed by atoms with Gasteiger partial charge in [0.05, 0.1) is 16.8 Å². The summed E-state index contributed by atoms with van der Waals surface area (Å²) in [5.74, 6) is -0.177. The van der Waals surface area contributed by atoms with Crippen molar-refractivity contribution >= 4 is 23.2 Å². The van der Waals surface area contributed by atoms with E-state index in [0.29, 0.717) is 29.2 Å². The minimum Gasteiger partial charge on any atom is -0.398 e. The van der Waals surface area contributed by atoms with E-state index in [1.807, 2.05) is 0 Å². The highest BCUT2D eigenvalue weighted by atomic mass is 35.5. The number of hydrogen-bond acceptors (Lipinski definition) is 3. The number of nitrogens with zero attached hydrogens (tertiary/aromatic N) is 1. The number of anilines is 1. The highest BCUT2D eigenvalue weighted by molar-refractivity contribution is 6.33. The molecule has 4 nitrogen and oxygen atoms in total. The van der Waals surface area contributed by atoms with E-state index in [4.69, 9.17) is 22.6 Å². The maximum absolute atomic E-state index is 11.7. The second kappa shape index (κ2) is 6.77. The summed E-state index contributed by atoms with van der Waals surface area (Å²) in [4.78, 5) is 11.7. The molecule has 1 aromatic rings. The van der Waals surface area contributed by atoms with E-state index >= 15 is 0 Å². The molecule has 17 heavy (non-hydrogen) atoms. The lowest BCUT2D eigenvalue weighted by Crippen LogP contribution is -2.24. The van der Waals surface area contributed by atoms with Crippen LogP contribution in [-0.4, -0.2) is 12.5 Å². The molecular weight excluding hydrogens is 238 g/mol. The van der Waals surface area contributed by atoms with Crippen molar-refractivity contribution < 1.29 is 4.79 Å². The molecule has 0 aliphatic carbocycles. The van der Waals surface area contributed by atoms with E-state index < -0.39 is 0 Å². The van der Waals surface area contributed by atoms with Crippen molar-refractivity contribution in [1.82, 2.24) is 5.32 Å². The number of carbonyl (C=O) groups is 1. The molecule has 0 saturated heterocycles. The number of unbranched alkanes of at least 4 members (excludes halogenated alkanes) is 2. The van der Waals surface area contributed by atoms with Gasteiger partial charge in [-0.2, -0.15) is 5.26 Å². The van der Waals surface area contributed by atoms with Gasteiger partial charge in [-0.15, -0.1) is 0 Å². The average molecular weight is 252 g/mol. The van der Waals surface area contributed by atoms with Gasteiger partial charge < -0.3 is 11.1 Å². The third-order valence-electron chi connectivity index (χ3n) is 2.26. The van der Waals surface area contributed by atoms with Crippen LogP contribution in [0.15, 0.2) is 18.2 Å². The molecule has 0 radical (unpaired) electrons. The summed E-state index contributed by atoms with van der Waals surface area (Å²) in [5, 5.41) is 11.5. The van der Waals surface area contributed by atoms with Crippen molar-refractivity contribution in [2.75, 3.05) is 12.3 Å². The molecule has 0 saturated carbocycles. The Labute approximate surface area is 105 Å². The SMILES string of the molecule is N#CCCCCNC(=O)c1ccc(N)c(Cl)c1. The number of amides is 1. The molecule has 0 aromatic heterocycles. The largest absolute Gasteiger partial charge is 0.398 e. The van der Waals surface area contributed by atoms with Gasteiger partial charge in [0.2, 0.25) is 0 Å². The molecule has 0 atom stereocenters. The number of nitrogens with two attached hydrogens (primary N) is 1. The van der Waals surface area contributed by atoms with Crippen LogP contribution in [0.2, 0.25) is 5.02 Å². The Morgan fingerprint density at radius 3 is 2.88 bits per heavy atom. The van der Waals surface area contributed by atoms with E-state index in [9.17, 15) is 4.79 Å². The van der Waals surface area contributed by atoms with Crippen LogP contribution in [0.5, 0.6) is 0 Å². The molecule has 0 spiro atoms. The Morgan fingerprint density at radius 1 is 1.47 bits per heavy atom. The van der Waals surface area contributed by atoms with Gasteiger partial charge in [0.25, 0.3) is 5.91 Å². The number of benzene rings is 1. The molecule has 5 heteroatoms. The lowest BCUT2D eigenvalue weighted by molar-refractivity contribution is 0.0953. The van der Waals surface area contributed by atoms with Gasteiger partial charge in [-0.25, -0.2) is 0 Å². The summed E-state index contributed by atoms with van der Waals surface area (Å²) in [5.41, 5.74) is 6.50. The molecular formula is C12H14ClN3O. The van der Waals surface area contributed by atoms with E-state index in [0.717, 1.165) is 12.8 Å². The predicted molar refractivity (Wildman–Crippen MR) is 67.7 cm³/mol. The molecule has 90 valence electrons. The van der Waals surface area contributed by atoms with Gasteiger partial charge in [0.1, 0.15) is 0 Å². The Kier molecular flexibility index (Phi) is 5.31. The maximum Gasteiger partial charge on any atom is 0.251 e. The van der Waals surface area contributed by atoms with Gasteiger partial charge in [-0.05, 0) is 31.0 Å². The molecule has 0 heterocycles. The standard InChI is InChI=1S/C12H14ClN3O/c13-10-8-9(4-5-11(10)15)12(17)16-7-3-1-2-6-14/h4-5,8H,1-3,7,15H2,(H,16,17). The van der Waals surface area contributed by atoms with Crippen molar-refractivity contribution in [1.29, 1.82) is 5.26 Å². The Hall–Kier alpha value is -1.73. The highest BCUT2D eigenvalue weighted by Crippen LogP contribution is 2.19. The monoisotopic (exact) mass is 251 g/mol. The first-order valence-corrected chi connectivity index (χ1v) is 5.73. The van der Waals surface area contributed by atoms with E-state index in [-0.39, 0.29) is 5.91 Å². The summed E-state index contributed by atoms with van der Waals surface area (Å²) in [7, 11) is 0. The summed E-state index contributed by atoms with van der Waals surface area (Å²) < 4.78 is 0. The molecule has 0 unspecified atom stereocenters. The molecule has 0 aliphatic rings. The summed E-state index contributed by atoms with van der Waals surface area (Å²) in [6.45, 7) is 0.558. The summed E-state index contributed by atoms with van der Waals surface area (Å²) in [6, 6.07) is 6.84. The quantitative estimate of drug-likeness (QED) is 0.623. The smallest absolute Gasteiger partial charge is 0.251 e. The zero-order valence-corrected chi connectivity index (χ0v) is 10.1. The predicted octanol–water partition coefficient (Wildman–Crippen LogP) is 2.35. The van der Waals surface area contributed by atoms with E-state index in [2.05, 4.69) is 11.4 Å². The number of halogens is 1. The Bertz CT molecular complexity index is 440. The molecule has 0 bridgehead atoms. The summed E-state index contributed by atoms with van der Waals surface area (Å²) >= 11 is 5.82. The molecule has 1 aromatic carbocycles. The van der Waals surface area contributed by atoms with Crippen LogP contribution in [-0.2, 0) is 0 Å². The van der Waals surface area contributed by atoms with Gasteiger partial charge in [-0.3, -0.25) is 4.79 Å².